The van der Waals surface area contributed by atoms with Gasteiger partial charge in [-0.05, 0) is 0 Å². The fourth-order valence-corrected chi connectivity index (χ4v) is 1.36. The summed E-state index contributed by atoms with van der Waals surface area (Å²) in [6, 6.07) is 8.41. The van der Waals surface area contributed by atoms with Crippen LogP contribution in [0.25, 0.3) is 11.3 Å². The van der Waals surface area contributed by atoms with E-state index in [9.17, 15) is 18.0 Å². The standard InChI is InChI=1S/C11H7F3N2O3/c12-11(13,14)19-16-10(17)8-6-18-15-9(8)7-4-2-1-3-5-7/h1-6H,(H,16,17). The van der Waals surface area contributed by atoms with Gasteiger partial charge in [0.1, 0.15) is 17.5 Å². The lowest BCUT2D eigenvalue weighted by molar-refractivity contribution is -0.343. The molecule has 0 radical (unpaired) electrons. The summed E-state index contributed by atoms with van der Waals surface area (Å²) in [6.07, 6.45) is -4.02. The molecule has 1 aromatic heterocycles. The summed E-state index contributed by atoms with van der Waals surface area (Å²) in [7, 11) is 0. The van der Waals surface area contributed by atoms with Crippen LogP contribution in [0.2, 0.25) is 0 Å². The zero-order valence-electron chi connectivity index (χ0n) is 9.27. The lowest BCUT2D eigenvalue weighted by Gasteiger charge is -2.07. The number of alkyl halides is 3. The van der Waals surface area contributed by atoms with Crippen molar-refractivity contribution >= 4 is 5.91 Å². The highest BCUT2D eigenvalue weighted by atomic mass is 19.4. The molecule has 1 N–H and O–H groups in total. The Morgan fingerprint density at radius 2 is 1.95 bits per heavy atom. The number of halogens is 3. The Morgan fingerprint density at radius 3 is 2.58 bits per heavy atom. The van der Waals surface area contributed by atoms with Gasteiger partial charge in [0.05, 0.1) is 0 Å². The largest absolute Gasteiger partial charge is 0.543 e. The van der Waals surface area contributed by atoms with E-state index in [1.54, 1.807) is 30.3 Å². The van der Waals surface area contributed by atoms with Gasteiger partial charge < -0.3 is 4.52 Å². The Morgan fingerprint density at radius 1 is 1.26 bits per heavy atom. The third-order valence-corrected chi connectivity index (χ3v) is 2.12. The first kappa shape index (κ1) is 13.1. The topological polar surface area (TPSA) is 64.4 Å². The molecule has 0 saturated heterocycles. The van der Waals surface area contributed by atoms with Crippen LogP contribution in [-0.4, -0.2) is 17.4 Å². The van der Waals surface area contributed by atoms with Crippen molar-refractivity contribution in [1.29, 1.82) is 0 Å². The van der Waals surface area contributed by atoms with Gasteiger partial charge in [-0.15, -0.1) is 13.2 Å². The van der Waals surface area contributed by atoms with Crippen molar-refractivity contribution in [1.82, 2.24) is 10.6 Å². The van der Waals surface area contributed by atoms with Gasteiger partial charge in [-0.3, -0.25) is 4.79 Å². The summed E-state index contributed by atoms with van der Waals surface area (Å²) in [5.41, 5.74) is 1.78. The molecule has 0 aliphatic heterocycles. The highest BCUT2D eigenvalue weighted by molar-refractivity contribution is 5.98. The minimum absolute atomic E-state index is 0.129. The van der Waals surface area contributed by atoms with Crippen LogP contribution in [0.5, 0.6) is 0 Å². The van der Waals surface area contributed by atoms with Gasteiger partial charge in [0.2, 0.25) is 0 Å². The van der Waals surface area contributed by atoms with Crippen molar-refractivity contribution in [3.05, 3.63) is 42.2 Å². The van der Waals surface area contributed by atoms with E-state index in [1.807, 2.05) is 0 Å². The first-order valence-corrected chi connectivity index (χ1v) is 5.02. The smallest absolute Gasteiger partial charge is 0.363 e. The van der Waals surface area contributed by atoms with Crippen LogP contribution in [0, 0.1) is 0 Å². The summed E-state index contributed by atoms with van der Waals surface area (Å²) >= 11 is 0. The summed E-state index contributed by atoms with van der Waals surface area (Å²) in [6.45, 7) is 0. The molecule has 0 spiro atoms. The number of rotatable bonds is 3. The molecule has 0 unspecified atom stereocenters. The average molecular weight is 272 g/mol. The van der Waals surface area contributed by atoms with Gasteiger partial charge >= 0.3 is 6.36 Å². The molecule has 0 atom stereocenters. The lowest BCUT2D eigenvalue weighted by Crippen LogP contribution is -2.31. The van der Waals surface area contributed by atoms with Gasteiger partial charge in [0, 0.05) is 5.56 Å². The fourth-order valence-electron chi connectivity index (χ4n) is 1.36. The molecule has 5 nitrogen and oxygen atoms in total. The third kappa shape index (κ3) is 3.32. The molecular formula is C11H7F3N2O3. The number of hydrogen-bond donors (Lipinski definition) is 1. The molecule has 8 heteroatoms. The molecule has 2 aromatic rings. The van der Waals surface area contributed by atoms with Crippen molar-refractivity contribution in [2.24, 2.45) is 0 Å². The Kier molecular flexibility index (Phi) is 3.52. The fraction of sp³-hybridized carbons (Fsp3) is 0.0909. The second kappa shape index (κ2) is 5.11. The molecule has 2 rings (SSSR count). The van der Waals surface area contributed by atoms with Gasteiger partial charge in [-0.2, -0.15) is 4.84 Å². The predicted octanol–water partition coefficient (Wildman–Crippen LogP) is 2.52. The predicted molar refractivity (Wildman–Crippen MR) is 56.5 cm³/mol. The van der Waals surface area contributed by atoms with Crippen LogP contribution in [0.3, 0.4) is 0 Å². The van der Waals surface area contributed by atoms with E-state index in [-0.39, 0.29) is 11.3 Å². The molecule has 0 saturated carbocycles. The van der Waals surface area contributed by atoms with E-state index in [2.05, 4.69) is 14.5 Å². The number of hydrogen-bond acceptors (Lipinski definition) is 4. The van der Waals surface area contributed by atoms with E-state index >= 15 is 0 Å². The van der Waals surface area contributed by atoms with Crippen molar-refractivity contribution in [2.75, 3.05) is 0 Å². The normalized spacial score (nSPS) is 11.3. The van der Waals surface area contributed by atoms with E-state index < -0.39 is 12.3 Å². The summed E-state index contributed by atoms with van der Waals surface area (Å²) in [5.74, 6) is -1.10. The quantitative estimate of drug-likeness (QED) is 0.872. The SMILES string of the molecule is O=C(NOC(F)(F)F)c1conc1-c1ccccc1. The molecule has 0 bridgehead atoms. The molecule has 100 valence electrons. The molecule has 1 aromatic carbocycles. The van der Waals surface area contributed by atoms with E-state index in [4.69, 9.17) is 0 Å². The molecule has 0 aliphatic rings. The number of carbonyl (C=O) groups is 1. The van der Waals surface area contributed by atoms with E-state index in [0.717, 1.165) is 6.26 Å². The number of benzene rings is 1. The van der Waals surface area contributed by atoms with Crippen LogP contribution >= 0.6 is 0 Å². The molecule has 1 heterocycles. The molecular weight excluding hydrogens is 265 g/mol. The Bertz CT molecular complexity index is 566. The van der Waals surface area contributed by atoms with Crippen LogP contribution < -0.4 is 5.48 Å². The maximum atomic E-state index is 11.8. The number of amides is 1. The Balaban J connectivity index is 2.18. The monoisotopic (exact) mass is 272 g/mol. The number of nitrogens with one attached hydrogen (secondary N) is 1. The zero-order chi connectivity index (χ0) is 13.9. The van der Waals surface area contributed by atoms with Crippen molar-refractivity contribution in [2.45, 2.75) is 6.36 Å². The molecule has 0 fully saturated rings. The maximum absolute atomic E-state index is 11.8. The second-order valence-electron chi connectivity index (χ2n) is 3.42. The minimum atomic E-state index is -4.96. The van der Waals surface area contributed by atoms with Crippen molar-refractivity contribution in [3.63, 3.8) is 0 Å². The third-order valence-electron chi connectivity index (χ3n) is 2.12. The summed E-state index contributed by atoms with van der Waals surface area (Å²) in [5, 5.41) is 3.58. The maximum Gasteiger partial charge on any atom is 0.543 e. The van der Waals surface area contributed by atoms with Gasteiger partial charge in [-0.25, -0.2) is 5.48 Å². The average Bonchev–Trinajstić information content (AvgIpc) is 2.85. The number of aromatic nitrogens is 1. The first-order chi connectivity index (χ1) is 8.97. The zero-order valence-corrected chi connectivity index (χ0v) is 9.27. The highest BCUT2D eigenvalue weighted by Gasteiger charge is 2.32. The molecule has 0 aliphatic carbocycles. The molecule has 1 amide bonds. The first-order valence-electron chi connectivity index (χ1n) is 5.02. The van der Waals surface area contributed by atoms with E-state index in [0.29, 0.717) is 5.56 Å². The Labute approximate surface area is 104 Å². The van der Waals surface area contributed by atoms with Crippen molar-refractivity contribution in [3.8, 4) is 11.3 Å². The lowest BCUT2D eigenvalue weighted by atomic mass is 10.1. The minimum Gasteiger partial charge on any atom is -0.363 e. The van der Waals surface area contributed by atoms with Gasteiger partial charge in [0.15, 0.2) is 0 Å². The van der Waals surface area contributed by atoms with Gasteiger partial charge in [0.25, 0.3) is 5.91 Å². The Hall–Kier alpha value is -2.35. The summed E-state index contributed by atoms with van der Waals surface area (Å²) < 4.78 is 40.0. The van der Waals surface area contributed by atoms with Crippen molar-refractivity contribution < 1.29 is 27.3 Å². The van der Waals surface area contributed by atoms with E-state index in [1.165, 1.54) is 5.48 Å². The number of hydroxylamine groups is 1. The number of carbonyl (C=O) groups excluding carboxylic acids is 1. The second-order valence-corrected chi connectivity index (χ2v) is 3.42. The number of nitrogens with zero attached hydrogens (tertiary/aromatic N) is 1. The van der Waals surface area contributed by atoms with Gasteiger partial charge in [-0.1, -0.05) is 35.5 Å². The highest BCUT2D eigenvalue weighted by Crippen LogP contribution is 2.22. The molecule has 19 heavy (non-hydrogen) atoms. The van der Waals surface area contributed by atoms with Crippen LogP contribution in [0.15, 0.2) is 41.1 Å². The van der Waals surface area contributed by atoms with Crippen LogP contribution in [0.4, 0.5) is 13.2 Å². The summed E-state index contributed by atoms with van der Waals surface area (Å²) in [4.78, 5) is 14.7. The van der Waals surface area contributed by atoms with Crippen LogP contribution in [0.1, 0.15) is 10.4 Å². The van der Waals surface area contributed by atoms with Crippen LogP contribution in [-0.2, 0) is 4.84 Å².